The topological polar surface area (TPSA) is 64.4 Å². The van der Waals surface area contributed by atoms with E-state index in [1.807, 2.05) is 12.1 Å². The van der Waals surface area contributed by atoms with Crippen molar-refractivity contribution in [1.82, 2.24) is 5.16 Å². The average molecular weight is 311 g/mol. The predicted molar refractivity (Wildman–Crippen MR) is 69.5 cm³/mol. The third-order valence-corrected chi connectivity index (χ3v) is 2.56. The van der Waals surface area contributed by atoms with Crippen LogP contribution in [0.4, 0.5) is 5.69 Å². The maximum atomic E-state index is 11.6. The van der Waals surface area contributed by atoms with E-state index in [4.69, 9.17) is 9.26 Å². The number of rotatable bonds is 4. The van der Waals surface area contributed by atoms with Gasteiger partial charge in [-0.1, -0.05) is 22.0 Å². The first-order chi connectivity index (χ1) is 8.63. The Morgan fingerprint density at radius 2 is 2.33 bits per heavy atom. The van der Waals surface area contributed by atoms with Crippen LogP contribution in [0.2, 0.25) is 0 Å². The SMILES string of the molecule is Cc1cc(OCC(=O)Nc2cccc(Br)c2)no1. The van der Waals surface area contributed by atoms with Gasteiger partial charge in [-0.05, 0) is 30.3 Å². The van der Waals surface area contributed by atoms with Gasteiger partial charge in [0, 0.05) is 16.2 Å². The standard InChI is InChI=1S/C12H11BrN2O3/c1-8-5-12(15-18-8)17-7-11(16)14-10-4-2-3-9(13)6-10/h2-6H,7H2,1H3,(H,14,16). The zero-order valence-corrected chi connectivity index (χ0v) is 11.2. The molecule has 6 heteroatoms. The number of anilines is 1. The monoisotopic (exact) mass is 310 g/mol. The average Bonchev–Trinajstić information content (AvgIpc) is 2.73. The summed E-state index contributed by atoms with van der Waals surface area (Å²) < 4.78 is 10.9. The molecule has 0 saturated heterocycles. The lowest BCUT2D eigenvalue weighted by Gasteiger charge is -2.05. The van der Waals surface area contributed by atoms with Crippen LogP contribution in [0, 0.1) is 6.92 Å². The fraction of sp³-hybridized carbons (Fsp3) is 0.167. The summed E-state index contributed by atoms with van der Waals surface area (Å²) >= 11 is 3.33. The summed E-state index contributed by atoms with van der Waals surface area (Å²) in [5.41, 5.74) is 0.703. The maximum absolute atomic E-state index is 11.6. The molecule has 5 nitrogen and oxygen atoms in total. The second-order valence-electron chi connectivity index (χ2n) is 3.62. The first-order valence-electron chi connectivity index (χ1n) is 5.25. The van der Waals surface area contributed by atoms with Crippen LogP contribution in [-0.4, -0.2) is 17.7 Å². The summed E-state index contributed by atoms with van der Waals surface area (Å²) in [5.74, 6) is 0.683. The molecule has 0 aliphatic heterocycles. The molecule has 2 aromatic rings. The van der Waals surface area contributed by atoms with Gasteiger partial charge in [0.05, 0.1) is 0 Å². The number of nitrogens with zero attached hydrogens (tertiary/aromatic N) is 1. The molecule has 1 heterocycles. The zero-order valence-electron chi connectivity index (χ0n) is 9.64. The van der Waals surface area contributed by atoms with Crippen LogP contribution in [0.25, 0.3) is 0 Å². The van der Waals surface area contributed by atoms with Gasteiger partial charge in [-0.15, -0.1) is 0 Å². The number of hydrogen-bond donors (Lipinski definition) is 1. The lowest BCUT2D eigenvalue weighted by molar-refractivity contribution is -0.118. The fourth-order valence-electron chi connectivity index (χ4n) is 1.31. The van der Waals surface area contributed by atoms with Crippen LogP contribution < -0.4 is 10.1 Å². The van der Waals surface area contributed by atoms with Crippen molar-refractivity contribution in [2.75, 3.05) is 11.9 Å². The van der Waals surface area contributed by atoms with Crippen LogP contribution in [0.3, 0.4) is 0 Å². The molecule has 0 atom stereocenters. The maximum Gasteiger partial charge on any atom is 0.262 e. The molecule has 0 aliphatic carbocycles. The predicted octanol–water partition coefficient (Wildman–Crippen LogP) is 2.76. The zero-order chi connectivity index (χ0) is 13.0. The van der Waals surface area contributed by atoms with Gasteiger partial charge in [-0.2, -0.15) is 0 Å². The number of ether oxygens (including phenoxy) is 1. The van der Waals surface area contributed by atoms with Crippen molar-refractivity contribution in [2.24, 2.45) is 0 Å². The smallest absolute Gasteiger partial charge is 0.262 e. The molecule has 0 bridgehead atoms. The van der Waals surface area contributed by atoms with Crippen LogP contribution in [-0.2, 0) is 4.79 Å². The number of aryl methyl sites for hydroxylation is 1. The summed E-state index contributed by atoms with van der Waals surface area (Å²) in [6, 6.07) is 8.93. The Bertz CT molecular complexity index is 554. The fourth-order valence-corrected chi connectivity index (χ4v) is 1.71. The lowest BCUT2D eigenvalue weighted by atomic mass is 10.3. The molecule has 0 unspecified atom stereocenters. The molecule has 0 fully saturated rings. The Hall–Kier alpha value is -1.82. The normalized spacial score (nSPS) is 10.1. The minimum atomic E-state index is -0.256. The molecule has 0 aliphatic rings. The van der Waals surface area contributed by atoms with Gasteiger partial charge in [0.25, 0.3) is 11.8 Å². The van der Waals surface area contributed by atoms with Gasteiger partial charge in [-0.3, -0.25) is 4.79 Å². The van der Waals surface area contributed by atoms with Crippen molar-refractivity contribution in [3.8, 4) is 5.88 Å². The van der Waals surface area contributed by atoms with Gasteiger partial charge in [-0.25, -0.2) is 0 Å². The number of amides is 1. The van der Waals surface area contributed by atoms with Crippen LogP contribution >= 0.6 is 15.9 Å². The Balaban J connectivity index is 1.85. The number of hydrogen-bond acceptors (Lipinski definition) is 4. The molecule has 1 aromatic heterocycles. The van der Waals surface area contributed by atoms with Crippen molar-refractivity contribution in [2.45, 2.75) is 6.92 Å². The Kier molecular flexibility index (Phi) is 3.99. The molecule has 1 N–H and O–H groups in total. The van der Waals surface area contributed by atoms with Crippen molar-refractivity contribution < 1.29 is 14.1 Å². The highest BCUT2D eigenvalue weighted by molar-refractivity contribution is 9.10. The number of benzene rings is 1. The van der Waals surface area contributed by atoms with Gasteiger partial charge in [0.2, 0.25) is 0 Å². The molecular formula is C12H11BrN2O3. The lowest BCUT2D eigenvalue weighted by Crippen LogP contribution is -2.20. The van der Waals surface area contributed by atoms with Crippen LogP contribution in [0.5, 0.6) is 5.88 Å². The van der Waals surface area contributed by atoms with Crippen molar-refractivity contribution >= 4 is 27.5 Å². The summed E-state index contributed by atoms with van der Waals surface area (Å²) in [7, 11) is 0. The molecule has 2 rings (SSSR count). The van der Waals surface area contributed by atoms with Crippen LogP contribution in [0.1, 0.15) is 5.76 Å². The van der Waals surface area contributed by atoms with Crippen molar-refractivity contribution in [1.29, 1.82) is 0 Å². The van der Waals surface area contributed by atoms with E-state index >= 15 is 0 Å². The van der Waals surface area contributed by atoms with E-state index in [0.29, 0.717) is 17.3 Å². The van der Waals surface area contributed by atoms with Crippen molar-refractivity contribution in [3.05, 3.63) is 40.6 Å². The molecule has 1 aromatic carbocycles. The third-order valence-electron chi connectivity index (χ3n) is 2.07. The number of halogens is 1. The number of nitrogens with one attached hydrogen (secondary N) is 1. The molecule has 0 radical (unpaired) electrons. The van der Waals surface area contributed by atoms with Crippen molar-refractivity contribution in [3.63, 3.8) is 0 Å². The molecule has 94 valence electrons. The molecular weight excluding hydrogens is 300 g/mol. The summed E-state index contributed by atoms with van der Waals surface area (Å²) in [4.78, 5) is 11.6. The highest BCUT2D eigenvalue weighted by atomic mass is 79.9. The number of aromatic nitrogens is 1. The molecule has 0 saturated carbocycles. The second-order valence-corrected chi connectivity index (χ2v) is 4.54. The molecule has 18 heavy (non-hydrogen) atoms. The van der Waals surface area contributed by atoms with E-state index in [0.717, 1.165) is 4.47 Å². The van der Waals surface area contributed by atoms with E-state index in [9.17, 15) is 4.79 Å². The van der Waals surface area contributed by atoms with E-state index < -0.39 is 0 Å². The van der Waals surface area contributed by atoms with Gasteiger partial charge >= 0.3 is 0 Å². The number of carbonyl (C=O) groups excluding carboxylic acids is 1. The second kappa shape index (κ2) is 5.68. The minimum Gasteiger partial charge on any atom is -0.465 e. The van der Waals surface area contributed by atoms with E-state index in [1.54, 1.807) is 25.1 Å². The Labute approximate surface area is 112 Å². The van der Waals surface area contributed by atoms with Crippen LogP contribution in [0.15, 0.2) is 39.3 Å². The summed E-state index contributed by atoms with van der Waals surface area (Å²) in [6.45, 7) is 1.64. The third kappa shape index (κ3) is 3.59. The molecule has 1 amide bonds. The Morgan fingerprint density at radius 1 is 1.50 bits per heavy atom. The largest absolute Gasteiger partial charge is 0.465 e. The quantitative estimate of drug-likeness (QED) is 0.943. The minimum absolute atomic E-state index is 0.113. The highest BCUT2D eigenvalue weighted by Crippen LogP contribution is 2.15. The van der Waals surface area contributed by atoms with Gasteiger partial charge in [0.15, 0.2) is 6.61 Å². The summed E-state index contributed by atoms with van der Waals surface area (Å²) in [6.07, 6.45) is 0. The Morgan fingerprint density at radius 3 is 3.00 bits per heavy atom. The van der Waals surface area contributed by atoms with E-state index in [-0.39, 0.29) is 12.5 Å². The van der Waals surface area contributed by atoms with E-state index in [1.165, 1.54) is 0 Å². The summed E-state index contributed by atoms with van der Waals surface area (Å²) in [5, 5.41) is 6.33. The van der Waals surface area contributed by atoms with E-state index in [2.05, 4.69) is 26.4 Å². The van der Waals surface area contributed by atoms with Gasteiger partial charge < -0.3 is 14.6 Å². The number of carbonyl (C=O) groups is 1. The highest BCUT2D eigenvalue weighted by Gasteiger charge is 2.06. The first kappa shape index (κ1) is 12.6. The van der Waals surface area contributed by atoms with Gasteiger partial charge in [0.1, 0.15) is 5.76 Å². The molecule has 0 spiro atoms. The first-order valence-corrected chi connectivity index (χ1v) is 6.04.